The Balaban J connectivity index is 2.16. The quantitative estimate of drug-likeness (QED) is 0.563. The fourth-order valence-electron chi connectivity index (χ4n) is 3.36. The molecule has 0 unspecified atom stereocenters. The van der Waals surface area contributed by atoms with Gasteiger partial charge in [0.1, 0.15) is 5.70 Å². The van der Waals surface area contributed by atoms with Gasteiger partial charge in [-0.15, -0.1) is 0 Å². The number of nitrogens with one attached hydrogen (secondary N) is 1. The molecular formula is C20H28ClN3O. The Bertz CT molecular complexity index is 673. The summed E-state index contributed by atoms with van der Waals surface area (Å²) in [6.45, 7) is 4.73. The number of benzene rings is 1. The van der Waals surface area contributed by atoms with Crippen LogP contribution in [0.4, 0.5) is 0 Å². The van der Waals surface area contributed by atoms with Crippen molar-refractivity contribution >= 4 is 23.2 Å². The number of hydrogen-bond acceptors (Lipinski definition) is 3. The first-order chi connectivity index (χ1) is 11.9. The van der Waals surface area contributed by atoms with Crippen LogP contribution in [0.1, 0.15) is 51.5 Å². The van der Waals surface area contributed by atoms with Gasteiger partial charge >= 0.3 is 0 Å². The topological polar surface area (TPSA) is 67.5 Å². The van der Waals surface area contributed by atoms with Crippen molar-refractivity contribution < 1.29 is 4.79 Å². The number of nitrogens with two attached hydrogens (primary N) is 1. The van der Waals surface area contributed by atoms with E-state index in [-0.39, 0.29) is 11.3 Å². The fraction of sp³-hybridized carbons (Fsp3) is 0.500. The van der Waals surface area contributed by atoms with Crippen molar-refractivity contribution in [3.05, 3.63) is 46.1 Å². The van der Waals surface area contributed by atoms with Crippen LogP contribution in [0, 0.1) is 5.41 Å². The maximum Gasteiger partial charge on any atom is 0.267 e. The molecule has 0 aromatic heterocycles. The van der Waals surface area contributed by atoms with E-state index < -0.39 is 0 Å². The van der Waals surface area contributed by atoms with E-state index in [4.69, 9.17) is 17.3 Å². The van der Waals surface area contributed by atoms with Crippen molar-refractivity contribution in [1.29, 1.82) is 0 Å². The number of aliphatic imine (C=N–C) groups is 1. The van der Waals surface area contributed by atoms with Gasteiger partial charge in [-0.3, -0.25) is 9.79 Å². The SMILES string of the molecule is CCC/C(C(=NC)C1(C)CCC1)=C(/N)C(=O)NCc1ccc(Cl)cc1. The molecule has 3 N–H and O–H groups in total. The molecule has 1 fully saturated rings. The Morgan fingerprint density at radius 2 is 1.96 bits per heavy atom. The van der Waals surface area contributed by atoms with E-state index in [9.17, 15) is 4.79 Å². The third-order valence-electron chi connectivity index (χ3n) is 4.97. The van der Waals surface area contributed by atoms with Crippen molar-refractivity contribution in [3.8, 4) is 0 Å². The molecule has 0 saturated heterocycles. The average molecular weight is 362 g/mol. The Kier molecular flexibility index (Phi) is 6.65. The van der Waals surface area contributed by atoms with Crippen molar-refractivity contribution in [1.82, 2.24) is 5.32 Å². The van der Waals surface area contributed by atoms with Crippen LogP contribution in [0.15, 0.2) is 40.5 Å². The van der Waals surface area contributed by atoms with Crippen molar-refractivity contribution in [2.75, 3.05) is 7.05 Å². The maximum atomic E-state index is 12.6. The summed E-state index contributed by atoms with van der Waals surface area (Å²) < 4.78 is 0. The third kappa shape index (κ3) is 4.63. The highest BCUT2D eigenvalue weighted by molar-refractivity contribution is 6.30. The van der Waals surface area contributed by atoms with Gasteiger partial charge in [0, 0.05) is 35.3 Å². The zero-order chi connectivity index (χ0) is 18.4. The lowest BCUT2D eigenvalue weighted by atomic mass is 9.65. The molecule has 1 aliphatic rings. The lowest BCUT2D eigenvalue weighted by molar-refractivity contribution is -0.117. The van der Waals surface area contributed by atoms with E-state index in [1.165, 1.54) is 6.42 Å². The first-order valence-corrected chi connectivity index (χ1v) is 9.28. The summed E-state index contributed by atoms with van der Waals surface area (Å²) in [5, 5.41) is 3.58. The monoisotopic (exact) mass is 361 g/mol. The Morgan fingerprint density at radius 3 is 2.44 bits per heavy atom. The van der Waals surface area contributed by atoms with E-state index in [1.54, 1.807) is 7.05 Å². The highest BCUT2D eigenvalue weighted by atomic mass is 35.5. The van der Waals surface area contributed by atoms with Gasteiger partial charge < -0.3 is 11.1 Å². The summed E-state index contributed by atoms with van der Waals surface area (Å²) in [6, 6.07) is 7.40. The normalized spacial score (nSPS) is 17.5. The Labute approximate surface area is 155 Å². The third-order valence-corrected chi connectivity index (χ3v) is 5.23. The minimum absolute atomic E-state index is 0.0559. The van der Waals surface area contributed by atoms with Crippen molar-refractivity contribution in [3.63, 3.8) is 0 Å². The van der Waals surface area contributed by atoms with Crippen LogP contribution in [-0.4, -0.2) is 18.7 Å². The second-order valence-corrected chi connectivity index (χ2v) is 7.37. The summed E-state index contributed by atoms with van der Waals surface area (Å²) in [7, 11) is 1.80. The Morgan fingerprint density at radius 1 is 1.32 bits per heavy atom. The van der Waals surface area contributed by atoms with Crippen LogP contribution in [-0.2, 0) is 11.3 Å². The van der Waals surface area contributed by atoms with Gasteiger partial charge in [0.2, 0.25) is 0 Å². The molecule has 1 aromatic rings. The van der Waals surface area contributed by atoms with Gasteiger partial charge in [0.25, 0.3) is 5.91 Å². The van der Waals surface area contributed by atoms with Gasteiger partial charge in [-0.05, 0) is 37.0 Å². The van der Waals surface area contributed by atoms with Crippen LogP contribution < -0.4 is 11.1 Å². The largest absolute Gasteiger partial charge is 0.394 e. The van der Waals surface area contributed by atoms with Gasteiger partial charge in [-0.2, -0.15) is 0 Å². The average Bonchev–Trinajstić information content (AvgIpc) is 2.58. The van der Waals surface area contributed by atoms with E-state index in [1.807, 2.05) is 24.3 Å². The molecule has 0 bridgehead atoms. The van der Waals surface area contributed by atoms with Gasteiger partial charge in [-0.25, -0.2) is 0 Å². The minimum atomic E-state index is -0.234. The van der Waals surface area contributed by atoms with Gasteiger partial charge in [0.15, 0.2) is 0 Å². The standard InChI is InChI=1S/C20H28ClN3O/c1-4-6-16(18(23-3)20(2)11-5-12-20)17(22)19(25)24-13-14-7-9-15(21)10-8-14/h7-10H,4-6,11-13,22H2,1-3H3,(H,24,25)/b17-16-,23-18?. The van der Waals surface area contributed by atoms with Gasteiger partial charge in [-0.1, -0.05) is 50.4 Å². The molecular weight excluding hydrogens is 334 g/mol. The van der Waals surface area contributed by atoms with E-state index >= 15 is 0 Å². The molecule has 1 amide bonds. The van der Waals surface area contributed by atoms with E-state index in [2.05, 4.69) is 24.2 Å². The highest BCUT2D eigenvalue weighted by Gasteiger charge is 2.39. The summed E-state index contributed by atoms with van der Waals surface area (Å²) in [6.07, 6.45) is 5.11. The summed E-state index contributed by atoms with van der Waals surface area (Å²) in [5.74, 6) is -0.234. The van der Waals surface area contributed by atoms with E-state index in [0.717, 1.165) is 42.5 Å². The number of halogens is 1. The molecule has 1 aromatic carbocycles. The number of amides is 1. The number of allylic oxidation sites excluding steroid dienone is 1. The Hall–Kier alpha value is -1.81. The second kappa shape index (κ2) is 8.52. The molecule has 0 spiro atoms. The van der Waals surface area contributed by atoms with Crippen molar-refractivity contribution in [2.45, 2.75) is 52.5 Å². The summed E-state index contributed by atoms with van der Waals surface area (Å²) in [5.41, 5.74) is 9.49. The second-order valence-electron chi connectivity index (χ2n) is 6.94. The zero-order valence-corrected chi connectivity index (χ0v) is 16.1. The van der Waals surface area contributed by atoms with Crippen LogP contribution >= 0.6 is 11.6 Å². The molecule has 0 aliphatic heterocycles. The molecule has 136 valence electrons. The number of carbonyl (C=O) groups is 1. The molecule has 4 nitrogen and oxygen atoms in total. The molecule has 1 aliphatic carbocycles. The van der Waals surface area contributed by atoms with E-state index in [0.29, 0.717) is 17.3 Å². The number of nitrogens with zero attached hydrogens (tertiary/aromatic N) is 1. The van der Waals surface area contributed by atoms with Crippen molar-refractivity contribution in [2.24, 2.45) is 16.1 Å². The minimum Gasteiger partial charge on any atom is -0.394 e. The van der Waals surface area contributed by atoms with Crippen LogP contribution in [0.3, 0.4) is 0 Å². The van der Waals surface area contributed by atoms with Crippen LogP contribution in [0.25, 0.3) is 0 Å². The van der Waals surface area contributed by atoms with Crippen LogP contribution in [0.5, 0.6) is 0 Å². The maximum absolute atomic E-state index is 12.6. The highest BCUT2D eigenvalue weighted by Crippen LogP contribution is 2.44. The number of carbonyl (C=O) groups excluding carboxylic acids is 1. The molecule has 0 atom stereocenters. The first-order valence-electron chi connectivity index (χ1n) is 8.90. The fourth-order valence-corrected chi connectivity index (χ4v) is 3.49. The molecule has 0 heterocycles. The summed E-state index contributed by atoms with van der Waals surface area (Å²) >= 11 is 5.89. The van der Waals surface area contributed by atoms with Crippen LogP contribution in [0.2, 0.25) is 5.02 Å². The summed E-state index contributed by atoms with van der Waals surface area (Å²) in [4.78, 5) is 17.1. The first kappa shape index (κ1) is 19.5. The molecule has 0 radical (unpaired) electrons. The number of hydrogen-bond donors (Lipinski definition) is 2. The molecule has 5 heteroatoms. The molecule has 25 heavy (non-hydrogen) atoms. The smallest absolute Gasteiger partial charge is 0.267 e. The predicted molar refractivity (Wildman–Crippen MR) is 105 cm³/mol. The predicted octanol–water partition coefficient (Wildman–Crippen LogP) is 4.23. The molecule has 1 saturated carbocycles. The molecule has 2 rings (SSSR count). The number of rotatable bonds is 7. The lowest BCUT2D eigenvalue weighted by Gasteiger charge is -2.40. The lowest BCUT2D eigenvalue weighted by Crippen LogP contribution is -2.39. The zero-order valence-electron chi connectivity index (χ0n) is 15.4. The van der Waals surface area contributed by atoms with Gasteiger partial charge in [0.05, 0.1) is 0 Å².